The Morgan fingerprint density at radius 1 is 1.58 bits per heavy atom. The molecule has 1 rings (SSSR count). The summed E-state index contributed by atoms with van der Waals surface area (Å²) >= 11 is 0. The van der Waals surface area contributed by atoms with Crippen LogP contribution in [0.4, 0.5) is 0 Å². The van der Waals surface area contributed by atoms with Gasteiger partial charge in [0.25, 0.3) is 0 Å². The van der Waals surface area contributed by atoms with E-state index in [2.05, 4.69) is 13.1 Å². The van der Waals surface area contributed by atoms with E-state index in [4.69, 9.17) is 13.9 Å². The average Bonchev–Trinajstić information content (AvgIpc) is 2.79. The van der Waals surface area contributed by atoms with Gasteiger partial charge in [0.15, 0.2) is 9.04 Å². The van der Waals surface area contributed by atoms with E-state index in [-0.39, 0.29) is 0 Å². The first-order valence-electron chi connectivity index (χ1n) is 4.45. The lowest BCUT2D eigenvalue weighted by Gasteiger charge is -2.05. The van der Waals surface area contributed by atoms with Crippen LogP contribution in [0, 0.1) is 6.61 Å². The molecule has 1 aliphatic rings. The highest BCUT2D eigenvalue weighted by molar-refractivity contribution is 6.48. The van der Waals surface area contributed by atoms with Gasteiger partial charge in [0.2, 0.25) is 0 Å². The fraction of sp³-hybridized carbons (Fsp3) is 0.875. The predicted molar refractivity (Wildman–Crippen MR) is 49.4 cm³/mol. The standard InChI is InChI=1S/C8H17O3Si/c1-12(2)11-5-3-4-9-6-8-7-10-8/h5,8,12H,3-4,6-7H2,1-2H3. The van der Waals surface area contributed by atoms with Gasteiger partial charge < -0.3 is 13.9 Å². The van der Waals surface area contributed by atoms with Gasteiger partial charge in [0.05, 0.1) is 19.8 Å². The van der Waals surface area contributed by atoms with Crippen LogP contribution in [0.2, 0.25) is 13.1 Å². The second-order valence-corrected chi connectivity index (χ2v) is 5.54. The minimum Gasteiger partial charge on any atom is -0.415 e. The molecule has 0 aromatic carbocycles. The lowest BCUT2D eigenvalue weighted by molar-refractivity contribution is 0.112. The highest BCUT2D eigenvalue weighted by Gasteiger charge is 2.21. The number of epoxide rings is 1. The molecule has 1 saturated heterocycles. The summed E-state index contributed by atoms with van der Waals surface area (Å²) in [5.41, 5.74) is 0. The van der Waals surface area contributed by atoms with Crippen molar-refractivity contribution < 1.29 is 13.9 Å². The normalized spacial score (nSPS) is 21.8. The van der Waals surface area contributed by atoms with Gasteiger partial charge in [0.1, 0.15) is 6.10 Å². The molecule has 1 radical (unpaired) electrons. The zero-order chi connectivity index (χ0) is 8.81. The number of rotatable bonds is 7. The Morgan fingerprint density at radius 3 is 2.92 bits per heavy atom. The van der Waals surface area contributed by atoms with Crippen molar-refractivity contribution in [2.45, 2.75) is 25.6 Å². The van der Waals surface area contributed by atoms with E-state index >= 15 is 0 Å². The molecule has 12 heavy (non-hydrogen) atoms. The van der Waals surface area contributed by atoms with Crippen LogP contribution in [0.25, 0.3) is 0 Å². The molecule has 0 N–H and O–H groups in total. The van der Waals surface area contributed by atoms with Crippen molar-refractivity contribution in [3.63, 3.8) is 0 Å². The molecule has 1 unspecified atom stereocenters. The second-order valence-electron chi connectivity index (χ2n) is 3.17. The minimum absolute atomic E-state index is 0.380. The summed E-state index contributed by atoms with van der Waals surface area (Å²) < 4.78 is 15.7. The molecule has 0 aliphatic carbocycles. The lowest BCUT2D eigenvalue weighted by atomic mass is 10.5. The summed E-state index contributed by atoms with van der Waals surface area (Å²) in [5.74, 6) is 0. The van der Waals surface area contributed by atoms with E-state index < -0.39 is 9.04 Å². The minimum atomic E-state index is -0.865. The molecule has 0 bridgehead atoms. The third-order valence-corrected chi connectivity index (χ3v) is 2.19. The van der Waals surface area contributed by atoms with E-state index in [9.17, 15) is 0 Å². The molecule has 0 amide bonds. The molecule has 0 saturated carbocycles. The van der Waals surface area contributed by atoms with Crippen LogP contribution in [0.15, 0.2) is 0 Å². The summed E-state index contributed by atoms with van der Waals surface area (Å²) in [7, 11) is -0.865. The topological polar surface area (TPSA) is 31.0 Å². The van der Waals surface area contributed by atoms with Crippen LogP contribution in [0.3, 0.4) is 0 Å². The molecule has 1 aliphatic heterocycles. The predicted octanol–water partition coefficient (Wildman–Crippen LogP) is 0.954. The molecule has 0 aromatic heterocycles. The molecule has 3 nitrogen and oxygen atoms in total. The van der Waals surface area contributed by atoms with Crippen LogP contribution >= 0.6 is 0 Å². The number of hydrogen-bond acceptors (Lipinski definition) is 3. The highest BCUT2D eigenvalue weighted by atomic mass is 28.3. The first-order valence-corrected chi connectivity index (χ1v) is 7.23. The summed E-state index contributed by atoms with van der Waals surface area (Å²) in [5, 5.41) is 0. The van der Waals surface area contributed by atoms with Gasteiger partial charge in [-0.1, -0.05) is 0 Å². The zero-order valence-electron chi connectivity index (χ0n) is 7.79. The third kappa shape index (κ3) is 5.71. The van der Waals surface area contributed by atoms with Crippen LogP contribution in [0.5, 0.6) is 0 Å². The van der Waals surface area contributed by atoms with E-state index in [1.165, 1.54) is 0 Å². The average molecular weight is 189 g/mol. The third-order valence-electron chi connectivity index (χ3n) is 1.45. The second kappa shape index (κ2) is 5.69. The first-order chi connectivity index (χ1) is 5.79. The molecular weight excluding hydrogens is 172 g/mol. The smallest absolute Gasteiger partial charge is 0.171 e. The monoisotopic (exact) mass is 189 g/mol. The van der Waals surface area contributed by atoms with E-state index in [0.717, 1.165) is 26.2 Å². The van der Waals surface area contributed by atoms with E-state index in [1.54, 1.807) is 0 Å². The van der Waals surface area contributed by atoms with Gasteiger partial charge >= 0.3 is 0 Å². The maximum Gasteiger partial charge on any atom is 0.171 e. The Hall–Kier alpha value is 0.0969. The van der Waals surface area contributed by atoms with Gasteiger partial charge in [-0.15, -0.1) is 0 Å². The van der Waals surface area contributed by atoms with Crippen LogP contribution in [0.1, 0.15) is 6.42 Å². The van der Waals surface area contributed by atoms with Gasteiger partial charge in [-0.2, -0.15) is 0 Å². The zero-order valence-corrected chi connectivity index (χ0v) is 8.94. The van der Waals surface area contributed by atoms with Crippen molar-refractivity contribution in [1.82, 2.24) is 0 Å². The van der Waals surface area contributed by atoms with Crippen LogP contribution < -0.4 is 0 Å². The quantitative estimate of drug-likeness (QED) is 0.339. The first kappa shape index (κ1) is 10.2. The molecule has 71 valence electrons. The molecule has 0 spiro atoms. The van der Waals surface area contributed by atoms with Crippen molar-refractivity contribution >= 4 is 9.04 Å². The Morgan fingerprint density at radius 2 is 2.33 bits per heavy atom. The van der Waals surface area contributed by atoms with Crippen molar-refractivity contribution in [2.24, 2.45) is 0 Å². The Kier molecular flexibility index (Phi) is 4.83. The molecular formula is C8H17O3Si. The SMILES string of the molecule is C[SiH](C)O[CH]CCOCC1CO1. The van der Waals surface area contributed by atoms with Crippen molar-refractivity contribution in [3.05, 3.63) is 6.61 Å². The van der Waals surface area contributed by atoms with E-state index in [1.807, 2.05) is 6.61 Å². The fourth-order valence-corrected chi connectivity index (χ4v) is 1.29. The van der Waals surface area contributed by atoms with Crippen LogP contribution in [-0.2, 0) is 13.9 Å². The maximum atomic E-state index is 5.37. The van der Waals surface area contributed by atoms with Crippen molar-refractivity contribution in [2.75, 3.05) is 19.8 Å². The Bertz CT molecular complexity index is 109. The van der Waals surface area contributed by atoms with Gasteiger partial charge in [-0.3, -0.25) is 0 Å². The molecule has 1 fully saturated rings. The molecule has 1 heterocycles. The Balaban J connectivity index is 1.70. The summed E-state index contributed by atoms with van der Waals surface area (Å²) in [4.78, 5) is 0. The lowest BCUT2D eigenvalue weighted by Crippen LogP contribution is -2.07. The van der Waals surface area contributed by atoms with Gasteiger partial charge in [0, 0.05) is 6.61 Å². The Labute approximate surface area is 75.7 Å². The van der Waals surface area contributed by atoms with Crippen molar-refractivity contribution in [1.29, 1.82) is 0 Å². The fourth-order valence-electron chi connectivity index (χ4n) is 0.771. The summed E-state index contributed by atoms with van der Waals surface area (Å²) in [6.45, 7) is 8.53. The number of hydrogen-bond donors (Lipinski definition) is 0. The highest BCUT2D eigenvalue weighted by Crippen LogP contribution is 2.08. The molecule has 0 aromatic rings. The molecule has 4 heteroatoms. The molecule has 1 atom stereocenters. The van der Waals surface area contributed by atoms with Gasteiger partial charge in [-0.25, -0.2) is 0 Å². The van der Waals surface area contributed by atoms with E-state index in [0.29, 0.717) is 6.10 Å². The van der Waals surface area contributed by atoms with Gasteiger partial charge in [-0.05, 0) is 19.5 Å². The largest absolute Gasteiger partial charge is 0.415 e. The summed E-state index contributed by atoms with van der Waals surface area (Å²) in [6.07, 6.45) is 1.27. The van der Waals surface area contributed by atoms with Crippen molar-refractivity contribution in [3.8, 4) is 0 Å². The van der Waals surface area contributed by atoms with Crippen LogP contribution in [-0.4, -0.2) is 35.0 Å². The summed E-state index contributed by atoms with van der Waals surface area (Å²) in [6, 6.07) is 0. The maximum absolute atomic E-state index is 5.37. The number of ether oxygens (including phenoxy) is 2.